The minimum atomic E-state index is -3.21. The Morgan fingerprint density at radius 1 is 0.184 bits per heavy atom. The van der Waals surface area contributed by atoms with E-state index in [4.69, 9.17) is 0 Å². The second-order valence-electron chi connectivity index (χ2n) is 12.4. The van der Waals surface area contributed by atoms with Gasteiger partial charge in [0.1, 0.15) is 0 Å². The summed E-state index contributed by atoms with van der Waals surface area (Å²) in [5, 5.41) is 5.49. The summed E-state index contributed by atoms with van der Waals surface area (Å²) in [6.45, 7) is 0. The Morgan fingerprint density at radius 2 is 0.367 bits per heavy atom. The molecule has 0 bridgehead atoms. The average molecular weight is 645 g/mol. The van der Waals surface area contributed by atoms with E-state index in [1.165, 1.54) is 65.7 Å². The van der Waals surface area contributed by atoms with Crippen LogP contribution in [0, 0.1) is 0 Å². The van der Waals surface area contributed by atoms with Gasteiger partial charge in [-0.1, -0.05) is 0 Å². The number of benzene rings is 8. The van der Waals surface area contributed by atoms with Gasteiger partial charge in [-0.25, -0.2) is 0 Å². The van der Waals surface area contributed by atoms with E-state index in [0.29, 0.717) is 0 Å². The van der Waals surface area contributed by atoms with Crippen molar-refractivity contribution in [2.24, 2.45) is 0 Å². The van der Waals surface area contributed by atoms with Gasteiger partial charge in [-0.05, 0) is 0 Å². The second-order valence-corrected chi connectivity index (χ2v) is 16.1. The molecule has 0 aromatic heterocycles. The van der Waals surface area contributed by atoms with Crippen LogP contribution in [0.2, 0.25) is 0 Å². The summed E-state index contributed by atoms with van der Waals surface area (Å²) in [5.74, 6) is 0. The van der Waals surface area contributed by atoms with Crippen LogP contribution < -0.4 is 21.2 Å². The van der Waals surface area contributed by atoms with Crippen LogP contribution in [0.5, 0.6) is 0 Å². The number of rotatable bonds is 8. The third kappa shape index (κ3) is 5.61. The molecule has 0 N–H and O–H groups in total. The molecule has 8 rings (SSSR count). The molecule has 0 unspecified atom stereocenters. The van der Waals surface area contributed by atoms with Crippen LogP contribution in [0.3, 0.4) is 0 Å². The third-order valence-electron chi connectivity index (χ3n) is 9.66. The Morgan fingerprint density at radius 3 is 0.592 bits per heavy atom. The molecule has 234 valence electrons. The van der Waals surface area contributed by atoms with Crippen LogP contribution in [0.4, 0.5) is 0 Å². The first-order chi connectivity index (χ1) is 24.4. The van der Waals surface area contributed by atoms with Crippen molar-refractivity contribution in [2.45, 2.75) is 0 Å². The summed E-state index contributed by atoms with van der Waals surface area (Å²) in [7, 11) is -3.21. The van der Waals surface area contributed by atoms with Gasteiger partial charge in [-0.15, -0.1) is 0 Å². The van der Waals surface area contributed by atoms with Gasteiger partial charge in [-0.3, -0.25) is 0 Å². The third-order valence-corrected chi connectivity index (χ3v) is 14.6. The molecule has 8 aromatic rings. The Labute approximate surface area is 290 Å². The zero-order valence-corrected chi connectivity index (χ0v) is 28.3. The maximum atomic E-state index is 2.42. The predicted molar refractivity (Wildman–Crippen MR) is 214 cm³/mol. The summed E-state index contributed by atoms with van der Waals surface area (Å²) >= 11 is 0. The van der Waals surface area contributed by atoms with Crippen LogP contribution >= 0.6 is 7.26 Å². The first-order valence-corrected chi connectivity index (χ1v) is 19.0. The standard InChI is InChI=1S/C48H37P/c1-5-21-37(22-6-1)41-29-13-17-33-45(41)49(46-34-18-14-30-42(46)38-23-7-2-8-24-38,47-35-19-15-31-43(47)39-25-9-3-10-26-39)48-36-20-16-32-44(48)40-27-11-4-12-28-40/h1-36,49H. The molecular formula is C48H37P. The van der Waals surface area contributed by atoms with Gasteiger partial charge in [0.15, 0.2) is 0 Å². The molecule has 0 heterocycles. The van der Waals surface area contributed by atoms with Crippen LogP contribution in [0.15, 0.2) is 218 Å². The fourth-order valence-electron chi connectivity index (χ4n) is 7.59. The van der Waals surface area contributed by atoms with E-state index < -0.39 is 7.26 Å². The predicted octanol–water partition coefficient (Wildman–Crippen LogP) is 10.7. The molecule has 0 aliphatic carbocycles. The Hall–Kier alpha value is -5.81. The molecule has 8 aromatic carbocycles. The minimum absolute atomic E-state index is 1.22. The van der Waals surface area contributed by atoms with E-state index in [1.807, 2.05) is 0 Å². The van der Waals surface area contributed by atoms with Gasteiger partial charge < -0.3 is 0 Å². The molecule has 0 fully saturated rings. The van der Waals surface area contributed by atoms with Gasteiger partial charge in [0.05, 0.1) is 0 Å². The number of hydrogen-bond acceptors (Lipinski definition) is 0. The normalized spacial score (nSPS) is 11.6. The quantitative estimate of drug-likeness (QED) is 0.144. The molecule has 49 heavy (non-hydrogen) atoms. The van der Waals surface area contributed by atoms with Gasteiger partial charge in [-0.2, -0.15) is 0 Å². The molecule has 0 aliphatic heterocycles. The van der Waals surface area contributed by atoms with Crippen molar-refractivity contribution in [3.05, 3.63) is 218 Å². The summed E-state index contributed by atoms with van der Waals surface area (Å²) in [4.78, 5) is 0. The summed E-state index contributed by atoms with van der Waals surface area (Å²) in [6, 6.07) is 80.5. The van der Waals surface area contributed by atoms with Crippen molar-refractivity contribution < 1.29 is 0 Å². The van der Waals surface area contributed by atoms with Gasteiger partial charge in [0.25, 0.3) is 0 Å². The molecule has 0 spiro atoms. The molecule has 1 heteroatoms. The van der Waals surface area contributed by atoms with Crippen molar-refractivity contribution in [3.63, 3.8) is 0 Å². The first kappa shape index (κ1) is 30.5. The van der Waals surface area contributed by atoms with Crippen molar-refractivity contribution >= 4 is 28.5 Å². The van der Waals surface area contributed by atoms with E-state index >= 15 is 0 Å². The molecule has 0 saturated heterocycles. The molecular weight excluding hydrogens is 608 g/mol. The van der Waals surface area contributed by atoms with Gasteiger partial charge >= 0.3 is 291 Å². The van der Waals surface area contributed by atoms with Crippen molar-refractivity contribution in [1.82, 2.24) is 0 Å². The van der Waals surface area contributed by atoms with E-state index in [9.17, 15) is 0 Å². The monoisotopic (exact) mass is 644 g/mol. The second kappa shape index (κ2) is 13.7. The van der Waals surface area contributed by atoms with E-state index in [1.54, 1.807) is 0 Å². The zero-order chi connectivity index (χ0) is 32.9. The van der Waals surface area contributed by atoms with E-state index in [0.717, 1.165) is 0 Å². The first-order valence-electron chi connectivity index (χ1n) is 17.0. The molecule has 0 radical (unpaired) electrons. The van der Waals surface area contributed by atoms with Crippen molar-refractivity contribution in [2.75, 3.05) is 0 Å². The fourth-order valence-corrected chi connectivity index (χ4v) is 13.2. The van der Waals surface area contributed by atoms with Crippen molar-refractivity contribution in [3.8, 4) is 44.5 Å². The maximum absolute atomic E-state index is 3.21. The van der Waals surface area contributed by atoms with Crippen LogP contribution in [0.1, 0.15) is 0 Å². The van der Waals surface area contributed by atoms with Crippen LogP contribution in [-0.2, 0) is 0 Å². The molecule has 0 nitrogen and oxygen atoms in total. The van der Waals surface area contributed by atoms with Crippen LogP contribution in [0.25, 0.3) is 44.5 Å². The Bertz CT molecular complexity index is 1970. The average Bonchev–Trinajstić information content (AvgIpc) is 3.20. The molecule has 0 saturated carbocycles. The summed E-state index contributed by atoms with van der Waals surface area (Å²) in [6.07, 6.45) is 0. The summed E-state index contributed by atoms with van der Waals surface area (Å²) in [5.41, 5.74) is 9.96. The molecule has 0 atom stereocenters. The fraction of sp³-hybridized carbons (Fsp3) is 0. The zero-order valence-electron chi connectivity index (χ0n) is 27.3. The van der Waals surface area contributed by atoms with Crippen molar-refractivity contribution in [1.29, 1.82) is 0 Å². The van der Waals surface area contributed by atoms with Gasteiger partial charge in [0, 0.05) is 0 Å². The van der Waals surface area contributed by atoms with E-state index in [2.05, 4.69) is 218 Å². The van der Waals surface area contributed by atoms with Crippen LogP contribution in [-0.4, -0.2) is 0 Å². The summed E-state index contributed by atoms with van der Waals surface area (Å²) < 4.78 is 0. The van der Waals surface area contributed by atoms with Gasteiger partial charge in [0.2, 0.25) is 0 Å². The Kier molecular flexibility index (Phi) is 8.55. The topological polar surface area (TPSA) is 0 Å². The Balaban J connectivity index is 1.63. The molecule has 0 amide bonds. The van der Waals surface area contributed by atoms with E-state index in [-0.39, 0.29) is 0 Å². The molecule has 0 aliphatic rings. The number of hydrogen-bond donors (Lipinski definition) is 0. The SMILES string of the molecule is c1ccc(-c2ccccc2[PH](c2ccccc2-c2ccccc2)(c2ccccc2-c2ccccc2)c2ccccc2-c2ccccc2)cc1.